The Morgan fingerprint density at radius 1 is 0.714 bits per heavy atom. The van der Waals surface area contributed by atoms with Crippen molar-refractivity contribution in [3.8, 4) is 11.3 Å². The van der Waals surface area contributed by atoms with Gasteiger partial charge in [0, 0.05) is 0 Å². The molecule has 35 heavy (non-hydrogen) atoms. The summed E-state index contributed by atoms with van der Waals surface area (Å²) in [5, 5.41) is 4.51. The van der Waals surface area contributed by atoms with E-state index >= 15 is 0 Å². The number of aryl methyl sites for hydroxylation is 3. The second-order valence-corrected chi connectivity index (χ2v) is 28.4. The van der Waals surface area contributed by atoms with E-state index in [1.165, 1.54) is 22.3 Å². The van der Waals surface area contributed by atoms with Crippen LogP contribution in [0.25, 0.3) is 16.6 Å². The molecule has 0 saturated carbocycles. The minimum absolute atomic E-state index is 0. The van der Waals surface area contributed by atoms with Crippen molar-refractivity contribution in [3.05, 3.63) is 72.0 Å². The Bertz CT molecular complexity index is 777. The largest absolute Gasteiger partial charge is 3.00 e. The summed E-state index contributed by atoms with van der Waals surface area (Å²) in [4.78, 5) is 4.67. The van der Waals surface area contributed by atoms with Gasteiger partial charge < -0.3 is 29.9 Å². The molecule has 0 atom stereocenters. The topological polar surface area (TPSA) is 27.0 Å². The van der Waals surface area contributed by atoms with Gasteiger partial charge in [0.25, 0.3) is 0 Å². The third-order valence-electron chi connectivity index (χ3n) is 3.06. The van der Waals surface area contributed by atoms with Gasteiger partial charge in [0.1, 0.15) is 0 Å². The van der Waals surface area contributed by atoms with Crippen molar-refractivity contribution in [2.75, 3.05) is 0 Å². The Kier molecular flexibility index (Phi) is 19.3. The standard InChI is InChI=1S/C17H21N2.3C4H11Si.Zr/c1-11(2)18-16-8-6-7-15(19-16)17-13(4)9-12(3)10-14(17)5;3*1-5(2,3)4;/h6-11H,1-5H3;3*1H2,2-4H3;/q4*-1;+3. The van der Waals surface area contributed by atoms with Crippen LogP contribution < -0.4 is 0 Å². The summed E-state index contributed by atoms with van der Waals surface area (Å²) >= 11 is 0. The molecule has 0 amide bonds. The van der Waals surface area contributed by atoms with Gasteiger partial charge in [-0.05, 0) is 49.2 Å². The smallest absolute Gasteiger partial charge is 0.463 e. The number of nitrogens with zero attached hydrogens (tertiary/aromatic N) is 2. The molecule has 0 aliphatic rings. The number of aromatic nitrogens is 1. The Balaban J connectivity index is -0.000000528. The normalized spacial score (nSPS) is 11.0. The fraction of sp³-hybridized carbons (Fsp3) is 0.517. The Hall–Kier alpha value is -0.296. The van der Waals surface area contributed by atoms with Crippen LogP contribution in [-0.4, -0.2) is 35.2 Å². The van der Waals surface area contributed by atoms with Gasteiger partial charge in [-0.1, -0.05) is 114 Å². The molecule has 0 spiro atoms. The Morgan fingerprint density at radius 2 is 1.06 bits per heavy atom. The Morgan fingerprint density at radius 3 is 1.37 bits per heavy atom. The van der Waals surface area contributed by atoms with Gasteiger partial charge >= 0.3 is 26.2 Å². The molecule has 0 unspecified atom stereocenters. The van der Waals surface area contributed by atoms with E-state index < -0.39 is 24.2 Å². The molecule has 0 aliphatic heterocycles. The molecule has 2 nitrogen and oxygen atoms in total. The summed E-state index contributed by atoms with van der Waals surface area (Å²) in [5.74, 6) is 0.812. The summed E-state index contributed by atoms with van der Waals surface area (Å²) in [7, 11) is -2.58. The SMILES string of the molecule is Cc1cc(C)c(-c2cccc([N-]C(C)C)n2)c(C)c1.[CH2-][Si](C)(C)C.[CH2-][Si](C)(C)C.[CH2-][Si](C)(C)C.[Zr+3]. The zero-order valence-corrected chi connectivity index (χ0v) is 30.9. The van der Waals surface area contributed by atoms with Crippen molar-refractivity contribution in [3.63, 3.8) is 0 Å². The maximum atomic E-state index is 4.67. The van der Waals surface area contributed by atoms with Gasteiger partial charge in [0.15, 0.2) is 0 Å². The zero-order valence-electron chi connectivity index (χ0n) is 25.5. The van der Waals surface area contributed by atoms with Crippen LogP contribution in [0.4, 0.5) is 5.82 Å². The first kappa shape index (κ1) is 39.2. The van der Waals surface area contributed by atoms with Crippen LogP contribution in [0.3, 0.4) is 0 Å². The third kappa shape index (κ3) is 29.8. The van der Waals surface area contributed by atoms with Gasteiger partial charge in [0.05, 0.1) is 0 Å². The molecule has 197 valence electrons. The molecule has 0 N–H and O–H groups in total. The molecule has 0 aliphatic carbocycles. The zero-order chi connectivity index (χ0) is 27.5. The molecule has 1 aromatic carbocycles. The summed E-state index contributed by atoms with van der Waals surface area (Å²) in [6.07, 6.45) is 0. The summed E-state index contributed by atoms with van der Waals surface area (Å²) in [5.41, 5.74) is 6.07. The number of rotatable bonds is 3. The van der Waals surface area contributed by atoms with Crippen LogP contribution >= 0.6 is 0 Å². The molecule has 0 saturated heterocycles. The monoisotopic (exact) mass is 604 g/mol. The van der Waals surface area contributed by atoms with E-state index in [4.69, 9.17) is 0 Å². The summed E-state index contributed by atoms with van der Waals surface area (Å²) < 4.78 is 0. The molecular weight excluding hydrogens is 552 g/mol. The molecule has 1 radical (unpaired) electrons. The molecule has 0 fully saturated rings. The minimum atomic E-state index is -0.861. The Labute approximate surface area is 242 Å². The van der Waals surface area contributed by atoms with Crippen molar-refractivity contribution >= 4 is 30.0 Å². The molecule has 1 aromatic heterocycles. The first-order valence-electron chi connectivity index (χ1n) is 12.3. The van der Waals surface area contributed by atoms with Crippen molar-refractivity contribution in [2.24, 2.45) is 0 Å². The van der Waals surface area contributed by atoms with Crippen LogP contribution in [0.2, 0.25) is 58.9 Å². The van der Waals surface area contributed by atoms with Gasteiger partial charge in [-0.2, -0.15) is 0 Å². The van der Waals surface area contributed by atoms with Gasteiger partial charge in [-0.3, -0.25) is 0 Å². The molecule has 0 bridgehead atoms. The van der Waals surface area contributed by atoms with E-state index in [0.29, 0.717) is 0 Å². The second kappa shape index (κ2) is 17.3. The molecule has 1 heterocycles. The van der Waals surface area contributed by atoms with Gasteiger partial charge in [-0.25, -0.2) is 0 Å². The van der Waals surface area contributed by atoms with Crippen molar-refractivity contribution in [1.29, 1.82) is 0 Å². The molecule has 2 aromatic rings. The van der Waals surface area contributed by atoms with E-state index in [1.54, 1.807) is 0 Å². The van der Waals surface area contributed by atoms with E-state index in [1.807, 2.05) is 12.1 Å². The van der Waals surface area contributed by atoms with Crippen LogP contribution in [0.5, 0.6) is 0 Å². The van der Waals surface area contributed by atoms with Crippen LogP contribution in [0.15, 0.2) is 30.3 Å². The third-order valence-corrected chi connectivity index (χ3v) is 3.06. The minimum Gasteiger partial charge on any atom is -0.463 e. The predicted molar refractivity (Wildman–Crippen MR) is 168 cm³/mol. The number of pyridine rings is 1. The van der Waals surface area contributed by atoms with E-state index in [0.717, 1.165) is 11.5 Å². The molecular formula is C29H54N2Si3Zr-. The summed E-state index contributed by atoms with van der Waals surface area (Å²) in [6.45, 7) is 42.2. The fourth-order valence-electron chi connectivity index (χ4n) is 2.48. The molecule has 2 rings (SSSR count). The first-order valence-corrected chi connectivity index (χ1v) is 23.4. The fourth-order valence-corrected chi connectivity index (χ4v) is 2.48. The first-order chi connectivity index (χ1) is 15.0. The van der Waals surface area contributed by atoms with E-state index in [2.05, 4.69) is 142 Å². The van der Waals surface area contributed by atoms with Crippen LogP contribution in [0.1, 0.15) is 30.5 Å². The summed E-state index contributed by atoms with van der Waals surface area (Å²) in [6, 6.07) is 10.7. The van der Waals surface area contributed by atoms with Crippen LogP contribution in [-0.2, 0) is 26.2 Å². The maximum Gasteiger partial charge on any atom is 3.00 e. The maximum absolute atomic E-state index is 4.67. The number of hydrogen-bond donors (Lipinski definition) is 0. The van der Waals surface area contributed by atoms with E-state index in [-0.39, 0.29) is 32.2 Å². The van der Waals surface area contributed by atoms with Crippen molar-refractivity contribution in [2.45, 2.75) is 99.6 Å². The average molecular weight is 606 g/mol. The van der Waals surface area contributed by atoms with Crippen molar-refractivity contribution in [1.82, 2.24) is 4.98 Å². The van der Waals surface area contributed by atoms with Gasteiger partial charge in [-0.15, -0.1) is 24.2 Å². The number of benzene rings is 1. The number of hydrogen-bond acceptors (Lipinski definition) is 1. The quantitative estimate of drug-likeness (QED) is 0.252. The molecule has 6 heteroatoms. The van der Waals surface area contributed by atoms with Crippen molar-refractivity contribution < 1.29 is 26.2 Å². The second-order valence-electron chi connectivity index (χ2n) is 13.1. The average Bonchev–Trinajstić information content (AvgIpc) is 2.48. The van der Waals surface area contributed by atoms with Gasteiger partial charge in [0.2, 0.25) is 0 Å². The van der Waals surface area contributed by atoms with Crippen LogP contribution in [0, 0.1) is 40.4 Å². The predicted octanol–water partition coefficient (Wildman–Crippen LogP) is 10.2. The van der Waals surface area contributed by atoms with E-state index in [9.17, 15) is 0 Å².